The number of anilines is 1. The monoisotopic (exact) mass is 274 g/mol. The smallest absolute Gasteiger partial charge is 0.168 e. The van der Waals surface area contributed by atoms with Gasteiger partial charge in [-0.15, -0.1) is 0 Å². The number of carbonyl (C=O) groups is 2. The number of aliphatic carboxylic acids is 1. The summed E-state index contributed by atoms with van der Waals surface area (Å²) in [6.45, 7) is 2.97. The molecule has 1 rings (SSSR count). The van der Waals surface area contributed by atoms with Gasteiger partial charge >= 0.3 is 0 Å². The van der Waals surface area contributed by atoms with E-state index < -0.39 is 18.2 Å². The van der Waals surface area contributed by atoms with Crippen LogP contribution in [0.4, 0.5) is 5.69 Å². The van der Waals surface area contributed by atoms with Gasteiger partial charge in [0.25, 0.3) is 0 Å². The first-order valence-corrected chi connectivity index (χ1v) is 6.85. The number of hydrogen-bond acceptors (Lipinski definition) is 4. The third kappa shape index (κ3) is 6.18. The van der Waals surface area contributed by atoms with Crippen molar-refractivity contribution in [1.82, 2.24) is 0 Å². The third-order valence-corrected chi connectivity index (χ3v) is 2.77. The van der Waals surface area contributed by atoms with Crippen LogP contribution in [0.3, 0.4) is 0 Å². The maximum Gasteiger partial charge on any atom is 0.168 e. The van der Waals surface area contributed by atoms with Gasteiger partial charge in [-0.25, -0.2) is 0 Å². The maximum absolute atomic E-state index is 11.5. The summed E-state index contributed by atoms with van der Waals surface area (Å²) >= 11 is 0. The van der Waals surface area contributed by atoms with Crippen molar-refractivity contribution in [3.05, 3.63) is 42.0 Å². The van der Waals surface area contributed by atoms with Crippen LogP contribution in [0.2, 0.25) is 0 Å². The number of carboxylic acids is 1. The summed E-state index contributed by atoms with van der Waals surface area (Å²) in [7, 11) is 0. The zero-order chi connectivity index (χ0) is 14.8. The Morgan fingerprint density at radius 1 is 1.15 bits per heavy atom. The minimum atomic E-state index is -1.35. The molecule has 20 heavy (non-hydrogen) atoms. The molecule has 0 fully saturated rings. The van der Waals surface area contributed by atoms with Gasteiger partial charge in [-0.1, -0.05) is 25.5 Å². The molecule has 4 nitrogen and oxygen atoms in total. The molecule has 1 N–H and O–H groups in total. The standard InChI is InChI=1S/C16H21NO3/c1-2-3-4-5-6-11-17-14-9-7-13(8-10-14)15(18)12-16(19)20/h4-5,7-10,17H,2-3,6,11-12H2,1H3,(H,19,20)/p-1/b5-4+. The van der Waals surface area contributed by atoms with E-state index >= 15 is 0 Å². The Kier molecular flexibility index (Phi) is 7.11. The Morgan fingerprint density at radius 2 is 1.80 bits per heavy atom. The van der Waals surface area contributed by atoms with Gasteiger partial charge < -0.3 is 15.2 Å². The Balaban J connectivity index is 2.39. The van der Waals surface area contributed by atoms with Gasteiger partial charge in [-0.05, 0) is 37.1 Å². The normalized spacial score (nSPS) is 10.7. The molecule has 0 saturated carbocycles. The SMILES string of the molecule is CCC/C=C/CCNc1ccc(C(=O)CC(=O)[O-])cc1. The average molecular weight is 274 g/mol. The van der Waals surface area contributed by atoms with Crippen molar-refractivity contribution in [3.63, 3.8) is 0 Å². The number of hydrogen-bond donors (Lipinski definition) is 1. The summed E-state index contributed by atoms with van der Waals surface area (Å²) in [6, 6.07) is 6.80. The molecule has 0 aliphatic rings. The van der Waals surface area contributed by atoms with E-state index in [1.54, 1.807) is 24.3 Å². The number of benzene rings is 1. The second-order valence-electron chi connectivity index (χ2n) is 4.52. The molecule has 0 bridgehead atoms. The summed E-state index contributed by atoms with van der Waals surface area (Å²) in [5, 5.41) is 13.6. The molecule has 0 saturated heterocycles. The molecule has 0 aliphatic carbocycles. The minimum absolute atomic E-state index is 0.391. The van der Waals surface area contributed by atoms with E-state index in [9.17, 15) is 14.7 Å². The summed E-state index contributed by atoms with van der Waals surface area (Å²) in [5.74, 6) is -1.78. The van der Waals surface area contributed by atoms with Crippen LogP contribution < -0.4 is 10.4 Å². The number of nitrogens with one attached hydrogen (secondary N) is 1. The van der Waals surface area contributed by atoms with E-state index in [-0.39, 0.29) is 0 Å². The lowest BCUT2D eigenvalue weighted by Crippen LogP contribution is -2.25. The molecule has 4 heteroatoms. The molecule has 0 aliphatic heterocycles. The van der Waals surface area contributed by atoms with E-state index in [2.05, 4.69) is 24.4 Å². The van der Waals surface area contributed by atoms with Crippen molar-refractivity contribution < 1.29 is 14.7 Å². The molecular formula is C16H20NO3-. The summed E-state index contributed by atoms with van der Waals surface area (Å²) in [6.07, 6.45) is 6.96. The van der Waals surface area contributed by atoms with Gasteiger partial charge in [-0.2, -0.15) is 0 Å². The molecule has 0 spiro atoms. The maximum atomic E-state index is 11.5. The molecule has 1 aromatic rings. The number of carbonyl (C=O) groups excluding carboxylic acids is 2. The van der Waals surface area contributed by atoms with Crippen molar-refractivity contribution in [3.8, 4) is 0 Å². The van der Waals surface area contributed by atoms with Gasteiger partial charge in [0.2, 0.25) is 0 Å². The zero-order valence-corrected chi connectivity index (χ0v) is 11.7. The largest absolute Gasteiger partial charge is 0.550 e. The fraction of sp³-hybridized carbons (Fsp3) is 0.375. The van der Waals surface area contributed by atoms with E-state index in [0.29, 0.717) is 5.56 Å². The lowest BCUT2D eigenvalue weighted by atomic mass is 10.1. The third-order valence-electron chi connectivity index (χ3n) is 2.77. The van der Waals surface area contributed by atoms with Crippen molar-refractivity contribution >= 4 is 17.4 Å². The van der Waals surface area contributed by atoms with Crippen LogP contribution >= 0.6 is 0 Å². The van der Waals surface area contributed by atoms with E-state index in [1.807, 2.05) is 0 Å². The predicted octanol–water partition coefficient (Wildman–Crippen LogP) is 2.17. The molecule has 0 aromatic heterocycles. The molecule has 0 radical (unpaired) electrons. The molecule has 0 heterocycles. The number of allylic oxidation sites excluding steroid dienone is 1. The molecule has 0 atom stereocenters. The first-order chi connectivity index (χ1) is 9.63. The fourth-order valence-electron chi connectivity index (χ4n) is 1.71. The molecule has 0 amide bonds. The highest BCUT2D eigenvalue weighted by Crippen LogP contribution is 2.11. The predicted molar refractivity (Wildman–Crippen MR) is 77.6 cm³/mol. The van der Waals surface area contributed by atoms with Crippen molar-refractivity contribution in [2.75, 3.05) is 11.9 Å². The van der Waals surface area contributed by atoms with Crippen LogP contribution in [0.1, 0.15) is 43.0 Å². The van der Waals surface area contributed by atoms with Gasteiger partial charge in [0.05, 0.1) is 6.42 Å². The molecule has 108 valence electrons. The number of ketones is 1. The Bertz CT molecular complexity index is 463. The minimum Gasteiger partial charge on any atom is -0.550 e. The number of unbranched alkanes of at least 4 members (excludes halogenated alkanes) is 1. The number of Topliss-reactive ketones (excluding diaryl/α,β-unsaturated/α-hetero) is 1. The highest BCUT2D eigenvalue weighted by Gasteiger charge is 2.05. The summed E-state index contributed by atoms with van der Waals surface area (Å²) in [4.78, 5) is 21.8. The van der Waals surface area contributed by atoms with Gasteiger partial charge in [0.1, 0.15) is 0 Å². The Hall–Kier alpha value is -2.10. The van der Waals surface area contributed by atoms with Gasteiger partial charge in [-0.3, -0.25) is 4.79 Å². The van der Waals surface area contributed by atoms with Crippen LogP contribution in [0, 0.1) is 0 Å². The highest BCUT2D eigenvalue weighted by atomic mass is 16.4. The second-order valence-corrected chi connectivity index (χ2v) is 4.52. The van der Waals surface area contributed by atoms with E-state index in [1.165, 1.54) is 0 Å². The fourth-order valence-corrected chi connectivity index (χ4v) is 1.71. The number of carboxylic acid groups (broad SMARTS) is 1. The van der Waals surface area contributed by atoms with Crippen molar-refractivity contribution in [2.45, 2.75) is 32.6 Å². The van der Waals surface area contributed by atoms with Crippen LogP contribution in [-0.4, -0.2) is 18.3 Å². The summed E-state index contributed by atoms with van der Waals surface area (Å²) < 4.78 is 0. The zero-order valence-electron chi connectivity index (χ0n) is 11.7. The van der Waals surface area contributed by atoms with Crippen molar-refractivity contribution in [2.24, 2.45) is 0 Å². The Labute approximate surface area is 119 Å². The first-order valence-electron chi connectivity index (χ1n) is 6.85. The van der Waals surface area contributed by atoms with Crippen LogP contribution in [0.15, 0.2) is 36.4 Å². The Morgan fingerprint density at radius 3 is 2.40 bits per heavy atom. The molecule has 1 aromatic carbocycles. The lowest BCUT2D eigenvalue weighted by molar-refractivity contribution is -0.304. The lowest BCUT2D eigenvalue weighted by Gasteiger charge is -2.06. The quantitative estimate of drug-likeness (QED) is 0.324. The van der Waals surface area contributed by atoms with E-state index in [0.717, 1.165) is 31.5 Å². The topological polar surface area (TPSA) is 69.2 Å². The van der Waals surface area contributed by atoms with Crippen LogP contribution in [-0.2, 0) is 4.79 Å². The second kappa shape index (κ2) is 8.91. The first kappa shape index (κ1) is 16.0. The van der Waals surface area contributed by atoms with Crippen molar-refractivity contribution in [1.29, 1.82) is 0 Å². The average Bonchev–Trinajstić information content (AvgIpc) is 2.42. The summed E-state index contributed by atoms with van der Waals surface area (Å²) in [5.41, 5.74) is 1.31. The van der Waals surface area contributed by atoms with Crippen LogP contribution in [0.25, 0.3) is 0 Å². The molecule has 0 unspecified atom stereocenters. The molecular weight excluding hydrogens is 254 g/mol. The van der Waals surface area contributed by atoms with Crippen LogP contribution in [0.5, 0.6) is 0 Å². The highest BCUT2D eigenvalue weighted by molar-refractivity contribution is 6.05. The number of rotatable bonds is 9. The van der Waals surface area contributed by atoms with Gasteiger partial charge in [0, 0.05) is 23.8 Å². The van der Waals surface area contributed by atoms with E-state index in [4.69, 9.17) is 0 Å². The van der Waals surface area contributed by atoms with Gasteiger partial charge in [0.15, 0.2) is 5.78 Å².